The lowest BCUT2D eigenvalue weighted by molar-refractivity contribution is 0.396. The monoisotopic (exact) mass is 426 g/mol. The molecule has 2 aromatic carbocycles. The fraction of sp³-hybridized carbons (Fsp3) is 0.238. The molecule has 3 heterocycles. The molecule has 0 aliphatic carbocycles. The van der Waals surface area contributed by atoms with Gasteiger partial charge in [-0.2, -0.15) is 10.1 Å². The maximum atomic E-state index is 14.3. The van der Waals surface area contributed by atoms with Crippen LogP contribution in [-0.2, 0) is 9.09 Å². The number of rotatable bonds is 3. The minimum atomic E-state index is -3.34. The SMILES string of the molecule is Cc1nn(-c2ccccc2)c2c1P(=O)(N1CCCC1)OC(c1ccc(Cl)cc1)=N2. The number of aliphatic imine (C=N–C) groups is 1. The van der Waals surface area contributed by atoms with Gasteiger partial charge in [0.2, 0.25) is 5.90 Å². The molecule has 2 aliphatic heterocycles. The molecular weight excluding hydrogens is 407 g/mol. The summed E-state index contributed by atoms with van der Waals surface area (Å²) in [6, 6.07) is 17.0. The second kappa shape index (κ2) is 7.13. The largest absolute Gasteiger partial charge is 0.410 e. The number of hydrogen-bond donors (Lipinski definition) is 0. The van der Waals surface area contributed by atoms with E-state index in [0.717, 1.165) is 37.2 Å². The van der Waals surface area contributed by atoms with Gasteiger partial charge in [-0.3, -0.25) is 4.57 Å². The number of aryl methyl sites for hydroxylation is 1. The van der Waals surface area contributed by atoms with Crippen molar-refractivity contribution in [3.63, 3.8) is 0 Å². The van der Waals surface area contributed by atoms with Gasteiger partial charge >= 0.3 is 7.52 Å². The highest BCUT2D eigenvalue weighted by Gasteiger charge is 2.46. The standard InChI is InChI=1S/C21H20ClN4O2P/c1-15-19-20(26(24-15)18-7-3-2-4-8-18)23-21(16-9-11-17(22)12-10-16)28-29(19,27)25-13-5-6-14-25/h2-4,7-12H,5-6,13-14H2,1H3. The molecule has 3 aromatic rings. The van der Waals surface area contributed by atoms with E-state index in [-0.39, 0.29) is 0 Å². The Morgan fingerprint density at radius 2 is 1.72 bits per heavy atom. The van der Waals surface area contributed by atoms with Crippen LogP contribution in [0.2, 0.25) is 5.02 Å². The summed E-state index contributed by atoms with van der Waals surface area (Å²) in [5, 5.41) is 5.90. The zero-order valence-electron chi connectivity index (χ0n) is 16.0. The summed E-state index contributed by atoms with van der Waals surface area (Å²) in [5.41, 5.74) is 2.28. The zero-order chi connectivity index (χ0) is 20.0. The molecule has 0 amide bonds. The van der Waals surface area contributed by atoms with E-state index in [9.17, 15) is 4.57 Å². The highest BCUT2D eigenvalue weighted by Crippen LogP contribution is 2.57. The average Bonchev–Trinajstić information content (AvgIpc) is 3.38. The van der Waals surface area contributed by atoms with Crippen molar-refractivity contribution >= 4 is 36.1 Å². The number of para-hydroxylation sites is 1. The molecule has 1 unspecified atom stereocenters. The Morgan fingerprint density at radius 3 is 2.41 bits per heavy atom. The molecule has 2 aliphatic rings. The van der Waals surface area contributed by atoms with Crippen LogP contribution in [0.4, 0.5) is 5.82 Å². The topological polar surface area (TPSA) is 59.7 Å². The van der Waals surface area contributed by atoms with Crippen LogP contribution < -0.4 is 5.30 Å². The van der Waals surface area contributed by atoms with Crippen LogP contribution in [0, 0.1) is 6.92 Å². The van der Waals surface area contributed by atoms with E-state index in [1.165, 1.54) is 0 Å². The third-order valence-electron chi connectivity index (χ3n) is 5.25. The summed E-state index contributed by atoms with van der Waals surface area (Å²) in [5.74, 6) is 0.904. The second-order valence-corrected chi connectivity index (χ2v) is 9.87. The van der Waals surface area contributed by atoms with E-state index >= 15 is 0 Å². The normalized spacial score (nSPS) is 21.5. The molecular formula is C21H20ClN4O2P. The van der Waals surface area contributed by atoms with Crippen molar-refractivity contribution in [1.29, 1.82) is 0 Å². The number of fused-ring (bicyclic) bond motifs is 1. The summed E-state index contributed by atoms with van der Waals surface area (Å²) in [6.45, 7) is 3.34. The number of hydrogen-bond acceptors (Lipinski definition) is 4. The van der Waals surface area contributed by atoms with Gasteiger partial charge in [-0.1, -0.05) is 29.8 Å². The highest BCUT2D eigenvalue weighted by molar-refractivity contribution is 7.65. The average molecular weight is 427 g/mol. The van der Waals surface area contributed by atoms with Crippen LogP contribution in [0.3, 0.4) is 0 Å². The first-order valence-electron chi connectivity index (χ1n) is 9.61. The third kappa shape index (κ3) is 3.12. The van der Waals surface area contributed by atoms with Gasteiger partial charge in [-0.25, -0.2) is 9.35 Å². The molecule has 1 fully saturated rings. The first-order valence-corrected chi connectivity index (χ1v) is 11.6. The Bertz CT molecular complexity index is 1140. The highest BCUT2D eigenvalue weighted by atomic mass is 35.5. The molecule has 6 nitrogen and oxygen atoms in total. The lowest BCUT2D eigenvalue weighted by Gasteiger charge is -2.30. The van der Waals surface area contributed by atoms with Crippen molar-refractivity contribution in [2.45, 2.75) is 19.8 Å². The maximum absolute atomic E-state index is 14.3. The second-order valence-electron chi connectivity index (χ2n) is 7.20. The lowest BCUT2D eigenvalue weighted by atomic mass is 10.2. The molecule has 0 saturated carbocycles. The van der Waals surface area contributed by atoms with Gasteiger partial charge in [-0.05, 0) is 56.2 Å². The predicted molar refractivity (Wildman–Crippen MR) is 115 cm³/mol. The molecule has 0 spiro atoms. The number of aromatic nitrogens is 2. The Morgan fingerprint density at radius 1 is 1.03 bits per heavy atom. The lowest BCUT2D eigenvalue weighted by Crippen LogP contribution is -2.30. The molecule has 8 heteroatoms. The predicted octanol–water partition coefficient (Wildman–Crippen LogP) is 4.86. The fourth-order valence-electron chi connectivity index (χ4n) is 3.84. The minimum absolute atomic E-state index is 0.335. The minimum Gasteiger partial charge on any atom is -0.410 e. The van der Waals surface area contributed by atoms with Gasteiger partial charge in [0.1, 0.15) is 5.30 Å². The van der Waals surface area contributed by atoms with Crippen LogP contribution in [0.15, 0.2) is 59.6 Å². The molecule has 0 N–H and O–H groups in total. The van der Waals surface area contributed by atoms with E-state index in [0.29, 0.717) is 27.7 Å². The first-order chi connectivity index (χ1) is 14.1. The Balaban J connectivity index is 1.73. The maximum Gasteiger partial charge on any atom is 0.356 e. The van der Waals surface area contributed by atoms with Gasteiger partial charge in [-0.15, -0.1) is 0 Å². The summed E-state index contributed by atoms with van der Waals surface area (Å²) < 4.78 is 24.2. The Kier molecular flexibility index (Phi) is 4.58. The summed E-state index contributed by atoms with van der Waals surface area (Å²) in [4.78, 5) is 4.76. The van der Waals surface area contributed by atoms with Gasteiger partial charge in [0, 0.05) is 23.7 Å². The molecule has 0 bridgehead atoms. The molecule has 1 atom stereocenters. The molecule has 1 aromatic heterocycles. The first kappa shape index (κ1) is 18.6. The van der Waals surface area contributed by atoms with Crippen LogP contribution >= 0.6 is 19.1 Å². The quantitative estimate of drug-likeness (QED) is 0.561. The van der Waals surface area contributed by atoms with Crippen molar-refractivity contribution in [3.8, 4) is 5.69 Å². The molecule has 1 saturated heterocycles. The summed E-state index contributed by atoms with van der Waals surface area (Å²) >= 11 is 6.04. The molecule has 5 rings (SSSR count). The van der Waals surface area contributed by atoms with Crippen molar-refractivity contribution in [1.82, 2.24) is 14.5 Å². The van der Waals surface area contributed by atoms with Crippen LogP contribution in [-0.4, -0.2) is 33.4 Å². The van der Waals surface area contributed by atoms with E-state index < -0.39 is 7.52 Å². The molecule has 0 radical (unpaired) electrons. The van der Waals surface area contributed by atoms with E-state index in [1.54, 1.807) is 16.8 Å². The van der Waals surface area contributed by atoms with E-state index in [1.807, 2.05) is 54.1 Å². The smallest absolute Gasteiger partial charge is 0.356 e. The summed E-state index contributed by atoms with van der Waals surface area (Å²) in [7, 11) is -3.34. The van der Waals surface area contributed by atoms with E-state index in [2.05, 4.69) is 5.10 Å². The van der Waals surface area contributed by atoms with Gasteiger partial charge in [0.15, 0.2) is 5.82 Å². The zero-order valence-corrected chi connectivity index (χ0v) is 17.6. The molecule has 148 valence electrons. The number of halogens is 1. The van der Waals surface area contributed by atoms with Crippen LogP contribution in [0.5, 0.6) is 0 Å². The fourth-order valence-corrected chi connectivity index (χ4v) is 6.50. The van der Waals surface area contributed by atoms with E-state index in [4.69, 9.17) is 21.1 Å². The summed E-state index contributed by atoms with van der Waals surface area (Å²) in [6.07, 6.45) is 2.00. The van der Waals surface area contributed by atoms with Crippen molar-refractivity contribution in [2.24, 2.45) is 4.99 Å². The van der Waals surface area contributed by atoms with Crippen molar-refractivity contribution in [2.75, 3.05) is 13.1 Å². The van der Waals surface area contributed by atoms with Gasteiger partial charge in [0.05, 0.1) is 11.4 Å². The van der Waals surface area contributed by atoms with Gasteiger partial charge < -0.3 is 4.52 Å². The van der Waals surface area contributed by atoms with Crippen LogP contribution in [0.25, 0.3) is 5.69 Å². The van der Waals surface area contributed by atoms with Gasteiger partial charge in [0.25, 0.3) is 0 Å². The third-order valence-corrected chi connectivity index (χ3v) is 8.16. The number of benzene rings is 2. The molecule has 29 heavy (non-hydrogen) atoms. The van der Waals surface area contributed by atoms with Crippen LogP contribution in [0.1, 0.15) is 24.1 Å². The van der Waals surface area contributed by atoms with Crippen molar-refractivity contribution in [3.05, 3.63) is 70.9 Å². The van der Waals surface area contributed by atoms with Crippen molar-refractivity contribution < 1.29 is 9.09 Å². The Labute approximate surface area is 174 Å². The Hall–Kier alpha value is -2.40. The number of nitrogens with zero attached hydrogens (tertiary/aromatic N) is 4.